The largest absolute Gasteiger partial charge is 0.480 e. The highest BCUT2D eigenvalue weighted by Gasteiger charge is 2.57. The molecule has 0 aromatic heterocycles. The highest BCUT2D eigenvalue weighted by Crippen LogP contribution is 2.52. The minimum absolute atomic E-state index is 0.0478. The SMILES string of the molecule is O=C(CC(NC1CC1)(C(=O)O)C1c2ccccc2N[C@@H]2CCC[C@H]12)C(=O)c1ccc2ccccc2c1. The number of hydrogen-bond donors (Lipinski definition) is 3. The van der Waals surface area contributed by atoms with Crippen molar-refractivity contribution in [1.29, 1.82) is 0 Å². The number of nitrogens with one attached hydrogen (secondary N) is 2. The molecule has 3 aromatic carbocycles. The monoisotopic (exact) mass is 482 g/mol. The number of para-hydroxylation sites is 1. The van der Waals surface area contributed by atoms with Crippen molar-refractivity contribution in [3.05, 3.63) is 77.9 Å². The summed E-state index contributed by atoms with van der Waals surface area (Å²) in [6.45, 7) is 0. The Morgan fingerprint density at radius 2 is 1.67 bits per heavy atom. The Morgan fingerprint density at radius 3 is 2.44 bits per heavy atom. The van der Waals surface area contributed by atoms with Crippen LogP contribution in [0.3, 0.4) is 0 Å². The summed E-state index contributed by atoms with van der Waals surface area (Å²) in [6, 6.07) is 20.9. The molecule has 6 heteroatoms. The normalized spacial score (nSPS) is 24.3. The maximum Gasteiger partial charge on any atom is 0.325 e. The van der Waals surface area contributed by atoms with Gasteiger partial charge in [-0.1, -0.05) is 61.0 Å². The summed E-state index contributed by atoms with van der Waals surface area (Å²) < 4.78 is 0. The average molecular weight is 483 g/mol. The van der Waals surface area contributed by atoms with E-state index in [0.29, 0.717) is 5.56 Å². The summed E-state index contributed by atoms with van der Waals surface area (Å²) in [4.78, 5) is 40.1. The van der Waals surface area contributed by atoms with E-state index in [-0.39, 0.29) is 24.4 Å². The molecule has 0 amide bonds. The number of aliphatic carboxylic acids is 1. The number of carbonyl (C=O) groups excluding carboxylic acids is 2. The number of ketones is 2. The molecule has 184 valence electrons. The van der Waals surface area contributed by atoms with Crippen LogP contribution in [0.4, 0.5) is 5.69 Å². The first-order chi connectivity index (χ1) is 17.5. The van der Waals surface area contributed by atoms with Crippen LogP contribution in [0, 0.1) is 5.92 Å². The molecule has 36 heavy (non-hydrogen) atoms. The summed E-state index contributed by atoms with van der Waals surface area (Å²) in [7, 11) is 0. The lowest BCUT2D eigenvalue weighted by molar-refractivity contribution is -0.149. The quantitative estimate of drug-likeness (QED) is 0.311. The molecule has 2 unspecified atom stereocenters. The molecule has 2 aliphatic carbocycles. The molecular weight excluding hydrogens is 452 g/mol. The predicted molar refractivity (Wildman–Crippen MR) is 138 cm³/mol. The second kappa shape index (κ2) is 8.86. The zero-order valence-electron chi connectivity index (χ0n) is 20.1. The third kappa shape index (κ3) is 3.90. The van der Waals surface area contributed by atoms with Crippen LogP contribution in [0.25, 0.3) is 10.8 Å². The van der Waals surface area contributed by atoms with E-state index in [1.807, 2.05) is 54.6 Å². The first-order valence-electron chi connectivity index (χ1n) is 12.9. The molecule has 0 spiro atoms. The van der Waals surface area contributed by atoms with E-state index in [0.717, 1.165) is 54.1 Å². The summed E-state index contributed by atoms with van der Waals surface area (Å²) in [5.74, 6) is -2.68. The summed E-state index contributed by atoms with van der Waals surface area (Å²) in [6.07, 6.45) is 4.26. The molecule has 0 saturated heterocycles. The summed E-state index contributed by atoms with van der Waals surface area (Å²) in [5, 5.41) is 19.7. The molecule has 0 bridgehead atoms. The third-order valence-electron chi connectivity index (χ3n) is 8.29. The van der Waals surface area contributed by atoms with Gasteiger partial charge in [0.25, 0.3) is 0 Å². The van der Waals surface area contributed by atoms with Crippen molar-refractivity contribution >= 4 is 34.0 Å². The topological polar surface area (TPSA) is 95.5 Å². The van der Waals surface area contributed by atoms with E-state index in [1.165, 1.54) is 0 Å². The fourth-order valence-electron chi connectivity index (χ4n) is 6.47. The standard InChI is InChI=1S/C30H30N2O4/c33-26(28(34)20-13-12-18-6-1-2-7-19(18)16-20)17-30(29(35)36,32-21-14-15-21)27-22-8-3-4-10-24(22)31-25-11-5-9-23(25)27/h1-4,6-8,10,12-13,16,21,23,25,27,31-32H,5,9,11,14-15,17H2,(H,35,36)/t23-,25+,27?,30?/m0/s1. The van der Waals surface area contributed by atoms with Gasteiger partial charge in [-0.05, 0) is 60.1 Å². The van der Waals surface area contributed by atoms with Crippen LogP contribution in [0.2, 0.25) is 0 Å². The van der Waals surface area contributed by atoms with E-state index >= 15 is 0 Å². The van der Waals surface area contributed by atoms with E-state index in [4.69, 9.17) is 0 Å². The van der Waals surface area contributed by atoms with Gasteiger partial charge in [-0.15, -0.1) is 0 Å². The molecule has 6 rings (SSSR count). The fraction of sp³-hybridized carbons (Fsp3) is 0.367. The minimum Gasteiger partial charge on any atom is -0.480 e. The van der Waals surface area contributed by atoms with Crippen molar-refractivity contribution in [2.45, 2.75) is 62.1 Å². The van der Waals surface area contributed by atoms with Crippen LogP contribution >= 0.6 is 0 Å². The molecule has 2 saturated carbocycles. The Balaban J connectivity index is 1.40. The van der Waals surface area contributed by atoms with Gasteiger partial charge in [0.2, 0.25) is 11.6 Å². The number of rotatable bonds is 8. The van der Waals surface area contributed by atoms with E-state index in [2.05, 4.69) is 10.6 Å². The molecule has 4 atom stereocenters. The van der Waals surface area contributed by atoms with Crippen molar-refractivity contribution < 1.29 is 19.5 Å². The van der Waals surface area contributed by atoms with Crippen molar-refractivity contribution in [2.75, 3.05) is 5.32 Å². The molecule has 1 aliphatic heterocycles. The smallest absolute Gasteiger partial charge is 0.325 e. The Hall–Kier alpha value is -3.51. The van der Waals surface area contributed by atoms with Gasteiger partial charge in [0.15, 0.2) is 0 Å². The Kier molecular flexibility index (Phi) is 5.64. The van der Waals surface area contributed by atoms with Crippen LogP contribution in [0.15, 0.2) is 66.7 Å². The number of Topliss-reactive ketones (excluding diaryl/α,β-unsaturated/α-hetero) is 2. The summed E-state index contributed by atoms with van der Waals surface area (Å²) in [5.41, 5.74) is 0.606. The molecule has 6 nitrogen and oxygen atoms in total. The number of carbonyl (C=O) groups is 3. The first kappa shape index (κ1) is 22.9. The Labute approximate surface area is 210 Å². The van der Waals surface area contributed by atoms with Gasteiger partial charge in [-0.25, -0.2) is 0 Å². The molecule has 2 fully saturated rings. The Bertz CT molecular complexity index is 1360. The third-order valence-corrected chi connectivity index (χ3v) is 8.29. The van der Waals surface area contributed by atoms with Crippen LogP contribution in [0.5, 0.6) is 0 Å². The van der Waals surface area contributed by atoms with Gasteiger partial charge in [-0.3, -0.25) is 19.7 Å². The molecule has 3 aromatic rings. The highest BCUT2D eigenvalue weighted by molar-refractivity contribution is 6.44. The maximum absolute atomic E-state index is 13.6. The van der Waals surface area contributed by atoms with Gasteiger partial charge in [-0.2, -0.15) is 0 Å². The average Bonchev–Trinajstić information content (AvgIpc) is 3.59. The number of benzene rings is 3. The lowest BCUT2D eigenvalue weighted by Crippen LogP contribution is -2.62. The first-order valence-corrected chi connectivity index (χ1v) is 12.9. The van der Waals surface area contributed by atoms with Crippen LogP contribution in [-0.2, 0) is 9.59 Å². The van der Waals surface area contributed by atoms with E-state index < -0.39 is 29.0 Å². The maximum atomic E-state index is 13.6. The molecular formula is C30H30N2O4. The van der Waals surface area contributed by atoms with Crippen molar-refractivity contribution in [3.63, 3.8) is 0 Å². The van der Waals surface area contributed by atoms with Gasteiger partial charge in [0.1, 0.15) is 5.54 Å². The van der Waals surface area contributed by atoms with Gasteiger partial charge in [0, 0.05) is 35.7 Å². The lowest BCUT2D eigenvalue weighted by atomic mass is 9.65. The van der Waals surface area contributed by atoms with Crippen LogP contribution in [-0.4, -0.2) is 40.3 Å². The molecule has 3 N–H and O–H groups in total. The van der Waals surface area contributed by atoms with Crippen molar-refractivity contribution in [3.8, 4) is 0 Å². The number of fused-ring (bicyclic) bond motifs is 3. The van der Waals surface area contributed by atoms with Crippen LogP contribution < -0.4 is 10.6 Å². The highest BCUT2D eigenvalue weighted by atomic mass is 16.4. The molecule has 0 radical (unpaired) electrons. The zero-order valence-corrected chi connectivity index (χ0v) is 20.1. The Morgan fingerprint density at radius 1 is 0.917 bits per heavy atom. The van der Waals surface area contributed by atoms with Gasteiger partial charge >= 0.3 is 5.97 Å². The van der Waals surface area contributed by atoms with E-state index in [1.54, 1.807) is 12.1 Å². The number of hydrogen-bond acceptors (Lipinski definition) is 5. The van der Waals surface area contributed by atoms with Crippen molar-refractivity contribution in [1.82, 2.24) is 5.32 Å². The van der Waals surface area contributed by atoms with Gasteiger partial charge < -0.3 is 10.4 Å². The molecule has 1 heterocycles. The van der Waals surface area contributed by atoms with E-state index in [9.17, 15) is 19.5 Å². The number of carboxylic acid groups (broad SMARTS) is 1. The second-order valence-electron chi connectivity index (χ2n) is 10.6. The predicted octanol–water partition coefficient (Wildman–Crippen LogP) is 4.94. The van der Waals surface area contributed by atoms with Gasteiger partial charge in [0.05, 0.1) is 0 Å². The zero-order chi connectivity index (χ0) is 24.9. The second-order valence-corrected chi connectivity index (χ2v) is 10.6. The minimum atomic E-state index is -1.55. The van der Waals surface area contributed by atoms with Crippen molar-refractivity contribution in [2.24, 2.45) is 5.92 Å². The fourth-order valence-corrected chi connectivity index (χ4v) is 6.47. The number of anilines is 1. The number of carboxylic acids is 1. The van der Waals surface area contributed by atoms with Crippen LogP contribution in [0.1, 0.15) is 60.4 Å². The lowest BCUT2D eigenvalue weighted by Gasteiger charge is -2.46. The molecule has 3 aliphatic rings. The summed E-state index contributed by atoms with van der Waals surface area (Å²) >= 11 is 0.